The van der Waals surface area contributed by atoms with Crippen molar-refractivity contribution < 1.29 is 14.0 Å². The minimum atomic E-state index is -0.675. The first-order valence-electron chi connectivity index (χ1n) is 9.10. The molecule has 0 unspecified atom stereocenters. The van der Waals surface area contributed by atoms with Crippen LogP contribution in [0.1, 0.15) is 38.1 Å². The molecule has 0 saturated carbocycles. The van der Waals surface area contributed by atoms with E-state index in [4.69, 9.17) is 5.73 Å². The lowest BCUT2D eigenvalue weighted by atomic mass is 9.89. The number of anilines is 1. The highest BCUT2D eigenvalue weighted by Gasteiger charge is 2.33. The summed E-state index contributed by atoms with van der Waals surface area (Å²) in [5.41, 5.74) is 6.99. The van der Waals surface area contributed by atoms with Gasteiger partial charge in [0.15, 0.2) is 5.13 Å². The Labute approximate surface area is 167 Å². The molecule has 3 heterocycles. The summed E-state index contributed by atoms with van der Waals surface area (Å²) in [5.74, 6) is -0.497. The van der Waals surface area contributed by atoms with Gasteiger partial charge in [0, 0.05) is 23.9 Å². The van der Waals surface area contributed by atoms with Crippen molar-refractivity contribution in [3.8, 4) is 10.4 Å². The molecule has 9 heteroatoms. The average Bonchev–Trinajstić information content (AvgIpc) is 3.28. The van der Waals surface area contributed by atoms with Crippen LogP contribution in [0.25, 0.3) is 10.4 Å². The minimum Gasteiger partial charge on any atom is -0.368 e. The molecule has 150 valence electrons. The predicted molar refractivity (Wildman–Crippen MR) is 107 cm³/mol. The molecule has 3 rings (SSSR count). The van der Waals surface area contributed by atoms with E-state index >= 15 is 0 Å². The van der Waals surface area contributed by atoms with E-state index < -0.39 is 24.0 Å². The number of likely N-dealkylation sites (tertiary alicyclic amines) is 1. The molecule has 3 N–H and O–H groups in total. The number of aryl methyl sites for hydroxylation is 1. The van der Waals surface area contributed by atoms with Gasteiger partial charge in [0.05, 0.1) is 10.6 Å². The standard InChI is InChI=1S/C19H24FN5O2S/c1-11-15(12-6-7-22-14(9-12)19(2,3)10-20)28-17(23-11)24-18(27)25-8-4-5-13(25)16(21)26/h6-7,9,13H,4-5,8,10H2,1-3H3,(H2,21,26)(H,23,24,27)/t13-/m0/s1. The smallest absolute Gasteiger partial charge is 0.324 e. The molecule has 0 aliphatic carbocycles. The summed E-state index contributed by atoms with van der Waals surface area (Å²) < 4.78 is 13.3. The van der Waals surface area contributed by atoms with Crippen LogP contribution in [0.3, 0.4) is 0 Å². The van der Waals surface area contributed by atoms with E-state index in [1.807, 2.05) is 19.1 Å². The molecule has 28 heavy (non-hydrogen) atoms. The molecule has 2 aromatic heterocycles. The van der Waals surface area contributed by atoms with Crippen molar-refractivity contribution in [2.24, 2.45) is 5.73 Å². The van der Waals surface area contributed by atoms with Crippen LogP contribution < -0.4 is 11.1 Å². The number of carbonyl (C=O) groups excluding carboxylic acids is 2. The van der Waals surface area contributed by atoms with Crippen molar-refractivity contribution in [2.45, 2.75) is 45.1 Å². The molecule has 3 amide bonds. The van der Waals surface area contributed by atoms with Gasteiger partial charge in [0.1, 0.15) is 12.7 Å². The number of carbonyl (C=O) groups is 2. The van der Waals surface area contributed by atoms with Crippen LogP contribution in [0.5, 0.6) is 0 Å². The summed E-state index contributed by atoms with van der Waals surface area (Å²) in [7, 11) is 0. The number of urea groups is 1. The summed E-state index contributed by atoms with van der Waals surface area (Å²) in [6, 6.07) is 2.74. The number of alkyl halides is 1. The van der Waals surface area contributed by atoms with Gasteiger partial charge in [0.2, 0.25) is 5.91 Å². The summed E-state index contributed by atoms with van der Waals surface area (Å²) in [6.07, 6.45) is 2.98. The lowest BCUT2D eigenvalue weighted by molar-refractivity contribution is -0.121. The second-order valence-electron chi connectivity index (χ2n) is 7.56. The Bertz CT molecular complexity index is 898. The van der Waals surface area contributed by atoms with E-state index in [1.54, 1.807) is 20.0 Å². The number of amides is 3. The fourth-order valence-electron chi connectivity index (χ4n) is 3.20. The molecule has 7 nitrogen and oxygen atoms in total. The third-order valence-corrected chi connectivity index (χ3v) is 6.02. The fourth-order valence-corrected chi connectivity index (χ4v) is 4.15. The lowest BCUT2D eigenvalue weighted by Gasteiger charge is -2.21. The van der Waals surface area contributed by atoms with Crippen LogP contribution in [0, 0.1) is 6.92 Å². The number of primary amides is 1. The summed E-state index contributed by atoms with van der Waals surface area (Å²) in [5, 5.41) is 3.21. The van der Waals surface area contributed by atoms with Gasteiger partial charge in [0.25, 0.3) is 0 Å². The number of aromatic nitrogens is 2. The number of nitrogens with one attached hydrogen (secondary N) is 1. The number of hydrogen-bond donors (Lipinski definition) is 2. The van der Waals surface area contributed by atoms with Gasteiger partial charge in [-0.05, 0) is 37.5 Å². The molecule has 1 atom stereocenters. The van der Waals surface area contributed by atoms with E-state index in [0.29, 0.717) is 23.8 Å². The maximum atomic E-state index is 13.3. The van der Waals surface area contributed by atoms with Crippen molar-refractivity contribution in [3.63, 3.8) is 0 Å². The highest BCUT2D eigenvalue weighted by atomic mass is 32.1. The first-order chi connectivity index (χ1) is 13.2. The monoisotopic (exact) mass is 405 g/mol. The Morgan fingerprint density at radius 2 is 2.21 bits per heavy atom. The zero-order valence-corrected chi connectivity index (χ0v) is 17.0. The highest BCUT2D eigenvalue weighted by Crippen LogP contribution is 2.35. The topological polar surface area (TPSA) is 101 Å². The largest absolute Gasteiger partial charge is 0.368 e. The van der Waals surface area contributed by atoms with Crippen LogP contribution >= 0.6 is 11.3 Å². The molecular formula is C19H24FN5O2S. The van der Waals surface area contributed by atoms with Gasteiger partial charge >= 0.3 is 6.03 Å². The van der Waals surface area contributed by atoms with Crippen LogP contribution in [-0.4, -0.2) is 46.1 Å². The Hall–Kier alpha value is -2.55. The first-order valence-corrected chi connectivity index (χ1v) is 9.92. The Kier molecular flexibility index (Phi) is 5.64. The average molecular weight is 405 g/mol. The predicted octanol–water partition coefficient (Wildman–Crippen LogP) is 3.24. The van der Waals surface area contributed by atoms with Crippen LogP contribution in [0.2, 0.25) is 0 Å². The zero-order chi connectivity index (χ0) is 20.5. The van der Waals surface area contributed by atoms with Crippen LogP contribution in [0.15, 0.2) is 18.3 Å². The molecule has 1 saturated heterocycles. The van der Waals surface area contributed by atoms with Crippen molar-refractivity contribution in [1.82, 2.24) is 14.9 Å². The lowest BCUT2D eigenvalue weighted by Crippen LogP contribution is -2.45. The summed E-state index contributed by atoms with van der Waals surface area (Å²) in [6.45, 7) is 5.43. The van der Waals surface area contributed by atoms with Crippen LogP contribution in [-0.2, 0) is 10.2 Å². The number of nitrogens with two attached hydrogens (primary N) is 1. The van der Waals surface area contributed by atoms with Gasteiger partial charge in [-0.3, -0.25) is 19.5 Å². The first kappa shape index (κ1) is 20.2. The quantitative estimate of drug-likeness (QED) is 0.797. The molecule has 0 spiro atoms. The van der Waals surface area contributed by atoms with E-state index in [2.05, 4.69) is 15.3 Å². The van der Waals surface area contributed by atoms with E-state index in [1.165, 1.54) is 16.2 Å². The second-order valence-corrected chi connectivity index (χ2v) is 8.56. The molecule has 2 aromatic rings. The van der Waals surface area contributed by atoms with Crippen molar-refractivity contribution in [1.29, 1.82) is 0 Å². The Morgan fingerprint density at radius 1 is 1.46 bits per heavy atom. The van der Waals surface area contributed by atoms with Crippen LogP contribution in [0.4, 0.5) is 14.3 Å². The summed E-state index contributed by atoms with van der Waals surface area (Å²) >= 11 is 1.33. The zero-order valence-electron chi connectivity index (χ0n) is 16.2. The molecule has 0 radical (unpaired) electrons. The number of halogens is 1. The maximum Gasteiger partial charge on any atom is 0.324 e. The van der Waals surface area contributed by atoms with Gasteiger partial charge < -0.3 is 10.6 Å². The maximum absolute atomic E-state index is 13.3. The van der Waals surface area contributed by atoms with Crippen molar-refractivity contribution in [2.75, 3.05) is 18.5 Å². The molecule has 0 aromatic carbocycles. The normalized spacial score (nSPS) is 17.0. The molecule has 1 aliphatic rings. The third-order valence-electron chi connectivity index (χ3n) is 4.90. The minimum absolute atomic E-state index is 0.379. The fraction of sp³-hybridized carbons (Fsp3) is 0.474. The Morgan fingerprint density at radius 3 is 2.89 bits per heavy atom. The van der Waals surface area contributed by atoms with E-state index in [-0.39, 0.29) is 6.03 Å². The van der Waals surface area contributed by atoms with Gasteiger partial charge in [-0.1, -0.05) is 25.2 Å². The van der Waals surface area contributed by atoms with Crippen molar-refractivity contribution in [3.05, 3.63) is 29.7 Å². The van der Waals surface area contributed by atoms with Gasteiger partial charge in [-0.15, -0.1) is 0 Å². The molecule has 1 fully saturated rings. The number of hydrogen-bond acceptors (Lipinski definition) is 5. The number of rotatable bonds is 5. The van der Waals surface area contributed by atoms with Crippen molar-refractivity contribution >= 4 is 28.4 Å². The van der Waals surface area contributed by atoms with E-state index in [9.17, 15) is 14.0 Å². The number of nitrogens with zero attached hydrogens (tertiary/aromatic N) is 3. The second kappa shape index (κ2) is 7.83. The molecule has 1 aliphatic heterocycles. The number of thiazole rings is 1. The SMILES string of the molecule is Cc1nc(NC(=O)N2CCC[C@H]2C(N)=O)sc1-c1ccnc(C(C)(C)CF)c1. The number of pyridine rings is 1. The highest BCUT2D eigenvalue weighted by molar-refractivity contribution is 7.19. The third kappa shape index (κ3) is 3.99. The Balaban J connectivity index is 1.81. The van der Waals surface area contributed by atoms with Gasteiger partial charge in [-0.25, -0.2) is 9.78 Å². The molecular weight excluding hydrogens is 381 g/mol. The molecule has 0 bridgehead atoms. The van der Waals surface area contributed by atoms with E-state index in [0.717, 1.165) is 22.6 Å². The summed E-state index contributed by atoms with van der Waals surface area (Å²) in [4.78, 5) is 35.1. The van der Waals surface area contributed by atoms with Gasteiger partial charge in [-0.2, -0.15) is 0 Å².